The molecule has 0 aliphatic carbocycles. The molecule has 1 aromatic carbocycles. The van der Waals surface area contributed by atoms with E-state index in [2.05, 4.69) is 10.3 Å². The van der Waals surface area contributed by atoms with Crippen LogP contribution in [-0.4, -0.2) is 40.4 Å². The highest BCUT2D eigenvalue weighted by molar-refractivity contribution is 5.93. The lowest BCUT2D eigenvalue weighted by Gasteiger charge is -2.30. The topological polar surface area (TPSA) is 71.5 Å². The van der Waals surface area contributed by atoms with Crippen molar-refractivity contribution in [1.82, 2.24) is 9.88 Å². The number of pyridine rings is 1. The molecule has 1 N–H and O–H groups in total. The van der Waals surface area contributed by atoms with Crippen LogP contribution in [0.5, 0.6) is 5.75 Å². The van der Waals surface area contributed by atoms with Gasteiger partial charge >= 0.3 is 0 Å². The van der Waals surface area contributed by atoms with Crippen molar-refractivity contribution >= 4 is 17.6 Å². The number of amides is 2. The van der Waals surface area contributed by atoms with E-state index in [1.807, 2.05) is 0 Å². The van der Waals surface area contributed by atoms with Crippen LogP contribution in [0.2, 0.25) is 0 Å². The Labute approximate surface area is 157 Å². The minimum atomic E-state index is -1.12. The van der Waals surface area contributed by atoms with Crippen molar-refractivity contribution in [2.75, 3.05) is 18.4 Å². The molecule has 1 atom stereocenters. The quantitative estimate of drug-likeness (QED) is 0.877. The van der Waals surface area contributed by atoms with Crippen molar-refractivity contribution in [2.45, 2.75) is 25.9 Å². The summed E-state index contributed by atoms with van der Waals surface area (Å²) < 4.78 is 18.8. The van der Waals surface area contributed by atoms with Gasteiger partial charge in [0.15, 0.2) is 5.60 Å². The second kappa shape index (κ2) is 7.73. The maximum Gasteiger partial charge on any atom is 0.266 e. The Hall–Kier alpha value is -2.96. The van der Waals surface area contributed by atoms with Crippen molar-refractivity contribution in [1.29, 1.82) is 0 Å². The summed E-state index contributed by atoms with van der Waals surface area (Å²) in [5, 5.41) is 2.77. The lowest BCUT2D eigenvalue weighted by atomic mass is 10.1. The average Bonchev–Trinajstić information content (AvgIpc) is 3.14. The van der Waals surface area contributed by atoms with Crippen LogP contribution in [0.4, 0.5) is 10.2 Å². The molecular formula is C20H22FN3O3. The van der Waals surface area contributed by atoms with E-state index in [4.69, 9.17) is 4.74 Å². The Morgan fingerprint density at radius 2 is 1.96 bits per heavy atom. The lowest BCUT2D eigenvalue weighted by Crippen LogP contribution is -2.48. The molecule has 6 nitrogen and oxygen atoms in total. The Morgan fingerprint density at radius 3 is 2.63 bits per heavy atom. The molecule has 0 bridgehead atoms. The van der Waals surface area contributed by atoms with Crippen LogP contribution >= 0.6 is 0 Å². The summed E-state index contributed by atoms with van der Waals surface area (Å²) in [5.74, 6) is -0.114. The van der Waals surface area contributed by atoms with Crippen LogP contribution in [-0.2, 0) is 9.59 Å². The van der Waals surface area contributed by atoms with Gasteiger partial charge in [-0.25, -0.2) is 9.37 Å². The van der Waals surface area contributed by atoms with Crippen LogP contribution in [0, 0.1) is 11.7 Å². The number of nitrogens with one attached hydrogen (secondary N) is 1. The molecule has 2 aromatic rings. The van der Waals surface area contributed by atoms with Crippen molar-refractivity contribution in [3.05, 3.63) is 54.5 Å². The summed E-state index contributed by atoms with van der Waals surface area (Å²) in [6, 6.07) is 10.8. The number of ether oxygens (including phenoxy) is 1. The van der Waals surface area contributed by atoms with Gasteiger partial charge in [-0.05, 0) is 56.7 Å². The van der Waals surface area contributed by atoms with E-state index in [9.17, 15) is 14.0 Å². The number of likely N-dealkylation sites (tertiary alicyclic amines) is 1. The Morgan fingerprint density at radius 1 is 1.22 bits per heavy atom. The molecule has 0 unspecified atom stereocenters. The molecule has 0 radical (unpaired) electrons. The van der Waals surface area contributed by atoms with Crippen molar-refractivity contribution in [3.8, 4) is 5.75 Å². The predicted molar refractivity (Wildman–Crippen MR) is 98.7 cm³/mol. The van der Waals surface area contributed by atoms with Gasteiger partial charge in [0.2, 0.25) is 5.91 Å². The van der Waals surface area contributed by atoms with E-state index in [0.29, 0.717) is 31.1 Å². The maximum absolute atomic E-state index is 13.0. The van der Waals surface area contributed by atoms with Gasteiger partial charge < -0.3 is 15.0 Å². The zero-order chi connectivity index (χ0) is 19.4. The highest BCUT2D eigenvalue weighted by atomic mass is 19.1. The standard InChI is InChI=1S/C20H22FN3O3/c1-20(2,27-16-8-6-15(21)7-9-16)19(26)24-12-10-14(13-24)18(25)23-17-5-3-4-11-22-17/h3-9,11,14H,10,12-13H2,1-2H3,(H,22,23,25)/t14-/m1/s1. The first kappa shape index (κ1) is 18.8. The summed E-state index contributed by atoms with van der Waals surface area (Å²) in [4.78, 5) is 31.0. The average molecular weight is 371 g/mol. The van der Waals surface area contributed by atoms with Crippen LogP contribution in [0.25, 0.3) is 0 Å². The number of benzene rings is 1. The normalized spacial score (nSPS) is 16.9. The van der Waals surface area contributed by atoms with Gasteiger partial charge in [0, 0.05) is 19.3 Å². The zero-order valence-electron chi connectivity index (χ0n) is 15.3. The number of hydrogen-bond acceptors (Lipinski definition) is 4. The van der Waals surface area contributed by atoms with Gasteiger partial charge in [-0.2, -0.15) is 0 Å². The number of carbonyl (C=O) groups excluding carboxylic acids is 2. The molecule has 1 saturated heterocycles. The molecule has 3 rings (SSSR count). The van der Waals surface area contributed by atoms with Crippen LogP contribution in [0.1, 0.15) is 20.3 Å². The van der Waals surface area contributed by atoms with Gasteiger partial charge in [-0.3, -0.25) is 9.59 Å². The first-order valence-electron chi connectivity index (χ1n) is 8.81. The number of halogens is 1. The van der Waals surface area contributed by atoms with Gasteiger partial charge in [0.25, 0.3) is 5.91 Å². The van der Waals surface area contributed by atoms with E-state index in [1.54, 1.807) is 43.1 Å². The molecule has 2 amide bonds. The molecule has 27 heavy (non-hydrogen) atoms. The lowest BCUT2D eigenvalue weighted by molar-refractivity contribution is -0.144. The first-order chi connectivity index (χ1) is 12.8. The monoisotopic (exact) mass is 371 g/mol. The minimum Gasteiger partial charge on any atom is -0.478 e. The van der Waals surface area contributed by atoms with Crippen molar-refractivity contribution in [2.24, 2.45) is 5.92 Å². The highest BCUT2D eigenvalue weighted by Crippen LogP contribution is 2.25. The summed E-state index contributed by atoms with van der Waals surface area (Å²) in [6.07, 6.45) is 2.19. The summed E-state index contributed by atoms with van der Waals surface area (Å²) in [5.41, 5.74) is -1.12. The van der Waals surface area contributed by atoms with E-state index in [-0.39, 0.29) is 23.5 Å². The summed E-state index contributed by atoms with van der Waals surface area (Å²) in [7, 11) is 0. The molecule has 1 aliphatic heterocycles. The SMILES string of the molecule is CC(C)(Oc1ccc(F)cc1)C(=O)N1CC[C@@H](C(=O)Nc2ccccn2)C1. The maximum atomic E-state index is 13.0. The fourth-order valence-corrected chi connectivity index (χ4v) is 3.05. The second-order valence-corrected chi connectivity index (χ2v) is 7.01. The van der Waals surface area contributed by atoms with E-state index >= 15 is 0 Å². The number of carbonyl (C=O) groups is 2. The fraction of sp³-hybridized carbons (Fsp3) is 0.350. The van der Waals surface area contributed by atoms with Crippen molar-refractivity contribution < 1.29 is 18.7 Å². The van der Waals surface area contributed by atoms with Crippen LogP contribution in [0.15, 0.2) is 48.7 Å². The first-order valence-corrected chi connectivity index (χ1v) is 8.81. The van der Waals surface area contributed by atoms with Gasteiger partial charge in [-0.1, -0.05) is 6.07 Å². The van der Waals surface area contributed by atoms with Gasteiger partial charge in [0.1, 0.15) is 17.4 Å². The molecule has 1 aromatic heterocycles. The molecule has 0 spiro atoms. The molecule has 1 aliphatic rings. The molecule has 1 fully saturated rings. The molecule has 0 saturated carbocycles. The van der Waals surface area contributed by atoms with E-state index in [1.165, 1.54) is 24.3 Å². The third kappa shape index (κ3) is 4.61. The molecule has 142 valence electrons. The minimum absolute atomic E-state index is 0.152. The summed E-state index contributed by atoms with van der Waals surface area (Å²) in [6.45, 7) is 4.14. The largest absolute Gasteiger partial charge is 0.478 e. The van der Waals surface area contributed by atoms with Gasteiger partial charge in [-0.15, -0.1) is 0 Å². The van der Waals surface area contributed by atoms with E-state index in [0.717, 1.165) is 0 Å². The number of hydrogen-bond donors (Lipinski definition) is 1. The second-order valence-electron chi connectivity index (χ2n) is 7.01. The van der Waals surface area contributed by atoms with Crippen LogP contribution in [0.3, 0.4) is 0 Å². The van der Waals surface area contributed by atoms with Crippen LogP contribution < -0.4 is 10.1 Å². The smallest absolute Gasteiger partial charge is 0.266 e. The summed E-state index contributed by atoms with van der Waals surface area (Å²) >= 11 is 0. The molecule has 2 heterocycles. The van der Waals surface area contributed by atoms with Gasteiger partial charge in [0.05, 0.1) is 5.92 Å². The number of nitrogens with zero attached hydrogens (tertiary/aromatic N) is 2. The highest BCUT2D eigenvalue weighted by Gasteiger charge is 2.39. The van der Waals surface area contributed by atoms with E-state index < -0.39 is 5.60 Å². The third-order valence-electron chi connectivity index (χ3n) is 4.46. The fourth-order valence-electron chi connectivity index (χ4n) is 3.05. The Kier molecular flexibility index (Phi) is 5.39. The number of anilines is 1. The van der Waals surface area contributed by atoms with Crippen molar-refractivity contribution in [3.63, 3.8) is 0 Å². The third-order valence-corrected chi connectivity index (χ3v) is 4.46. The Bertz CT molecular complexity index is 809. The Balaban J connectivity index is 1.59. The predicted octanol–water partition coefficient (Wildman–Crippen LogP) is 2.87. The zero-order valence-corrected chi connectivity index (χ0v) is 15.3. The molecule has 7 heteroatoms. The molecular weight excluding hydrogens is 349 g/mol. The number of aromatic nitrogens is 1. The number of rotatable bonds is 5.